The molecule has 0 fully saturated rings. The molecule has 5 heteroatoms. The number of hydrogen-bond donors (Lipinski definition) is 1. The Morgan fingerprint density at radius 2 is 2.30 bits per heavy atom. The number of rotatable bonds is 3. The van der Waals surface area contributed by atoms with Gasteiger partial charge in [0.1, 0.15) is 6.54 Å². The second kappa shape index (κ2) is 5.00. The maximum Gasteiger partial charge on any atom is 0.242 e. The molecule has 1 aliphatic rings. The number of nitrogens with zero attached hydrogens (tertiary/aromatic N) is 3. The summed E-state index contributed by atoms with van der Waals surface area (Å²) in [6.07, 6.45) is 4.58. The van der Waals surface area contributed by atoms with Gasteiger partial charge in [-0.05, 0) is 12.0 Å². The predicted octanol–water partition coefficient (Wildman–Crippen LogP) is 1.61. The fraction of sp³-hybridized carbons (Fsp3) is 0.333. The summed E-state index contributed by atoms with van der Waals surface area (Å²) < 4.78 is 1.90. The number of benzene rings is 1. The second-order valence-electron chi connectivity index (χ2n) is 5.21. The van der Waals surface area contributed by atoms with E-state index in [-0.39, 0.29) is 5.91 Å². The van der Waals surface area contributed by atoms with Crippen LogP contribution in [0.1, 0.15) is 5.56 Å². The molecule has 2 aromatic rings. The Balaban J connectivity index is 1.98. The van der Waals surface area contributed by atoms with Crippen molar-refractivity contribution in [3.8, 4) is 11.3 Å². The van der Waals surface area contributed by atoms with E-state index in [9.17, 15) is 4.79 Å². The van der Waals surface area contributed by atoms with Crippen molar-refractivity contribution < 1.29 is 4.79 Å². The van der Waals surface area contributed by atoms with E-state index in [4.69, 9.17) is 0 Å². The predicted molar refractivity (Wildman–Crippen MR) is 78.6 cm³/mol. The van der Waals surface area contributed by atoms with E-state index in [2.05, 4.69) is 28.5 Å². The molecular formula is C15H18N4O. The molecule has 0 saturated carbocycles. The van der Waals surface area contributed by atoms with E-state index in [0.29, 0.717) is 6.54 Å². The van der Waals surface area contributed by atoms with Crippen LogP contribution in [0, 0.1) is 0 Å². The van der Waals surface area contributed by atoms with Crippen LogP contribution in [0.4, 0.5) is 5.69 Å². The largest absolute Gasteiger partial charge is 0.384 e. The first-order valence-electron chi connectivity index (χ1n) is 6.73. The Bertz CT molecular complexity index is 645. The minimum atomic E-state index is 0.0600. The van der Waals surface area contributed by atoms with Crippen molar-refractivity contribution in [1.29, 1.82) is 0 Å². The summed E-state index contributed by atoms with van der Waals surface area (Å²) in [4.78, 5) is 17.7. The van der Waals surface area contributed by atoms with Crippen molar-refractivity contribution in [3.05, 3.63) is 36.3 Å². The first kappa shape index (κ1) is 12.7. The highest BCUT2D eigenvalue weighted by atomic mass is 16.2. The topological polar surface area (TPSA) is 50.2 Å². The minimum Gasteiger partial charge on any atom is -0.384 e. The molecule has 20 heavy (non-hydrogen) atoms. The molecule has 0 radical (unpaired) electrons. The van der Waals surface area contributed by atoms with Crippen molar-refractivity contribution in [2.24, 2.45) is 0 Å². The van der Waals surface area contributed by atoms with Crippen LogP contribution in [0.25, 0.3) is 11.3 Å². The molecule has 1 N–H and O–H groups in total. The highest BCUT2D eigenvalue weighted by Crippen LogP contribution is 2.34. The number of hydrogen-bond acceptors (Lipinski definition) is 3. The van der Waals surface area contributed by atoms with E-state index in [1.807, 2.05) is 10.8 Å². The Morgan fingerprint density at radius 1 is 1.45 bits per heavy atom. The van der Waals surface area contributed by atoms with Gasteiger partial charge in [-0.3, -0.25) is 4.79 Å². The van der Waals surface area contributed by atoms with Crippen molar-refractivity contribution in [3.63, 3.8) is 0 Å². The molecule has 5 nitrogen and oxygen atoms in total. The Morgan fingerprint density at radius 3 is 3.10 bits per heavy atom. The lowest BCUT2D eigenvalue weighted by molar-refractivity contribution is -0.129. The number of para-hydroxylation sites is 1. The molecule has 1 aromatic heterocycles. The quantitative estimate of drug-likeness (QED) is 0.921. The lowest BCUT2D eigenvalue weighted by atomic mass is 10.1. The molecule has 0 atom stereocenters. The van der Waals surface area contributed by atoms with Gasteiger partial charge in [-0.15, -0.1) is 0 Å². The molecule has 1 aliphatic heterocycles. The van der Waals surface area contributed by atoms with Crippen LogP contribution in [0.2, 0.25) is 0 Å². The smallest absolute Gasteiger partial charge is 0.242 e. The van der Waals surface area contributed by atoms with E-state index < -0.39 is 0 Å². The summed E-state index contributed by atoms with van der Waals surface area (Å²) in [6, 6.07) is 6.28. The lowest BCUT2D eigenvalue weighted by Gasteiger charge is -2.14. The normalized spacial score (nSPS) is 12.9. The van der Waals surface area contributed by atoms with E-state index in [1.54, 1.807) is 25.3 Å². The summed E-state index contributed by atoms with van der Waals surface area (Å²) in [5.74, 6) is 0.0600. The molecule has 2 heterocycles. The summed E-state index contributed by atoms with van der Waals surface area (Å²) in [5, 5.41) is 3.42. The van der Waals surface area contributed by atoms with Crippen LogP contribution < -0.4 is 5.32 Å². The van der Waals surface area contributed by atoms with Crippen LogP contribution in [-0.4, -0.2) is 41.0 Å². The molecule has 3 rings (SSSR count). The number of anilines is 1. The average molecular weight is 270 g/mol. The minimum absolute atomic E-state index is 0.0600. The van der Waals surface area contributed by atoms with Gasteiger partial charge < -0.3 is 14.8 Å². The summed E-state index contributed by atoms with van der Waals surface area (Å²) >= 11 is 0. The van der Waals surface area contributed by atoms with Gasteiger partial charge in [0, 0.05) is 31.9 Å². The number of carbonyl (C=O) groups excluding carboxylic acids is 1. The van der Waals surface area contributed by atoms with Crippen LogP contribution in [0.15, 0.2) is 30.7 Å². The Kier molecular flexibility index (Phi) is 3.18. The first-order valence-corrected chi connectivity index (χ1v) is 6.73. The van der Waals surface area contributed by atoms with Crippen molar-refractivity contribution >= 4 is 11.6 Å². The van der Waals surface area contributed by atoms with E-state index >= 15 is 0 Å². The number of fused-ring (bicyclic) bond motifs is 1. The molecule has 0 bridgehead atoms. The van der Waals surface area contributed by atoms with E-state index in [1.165, 1.54) is 11.3 Å². The Hall–Kier alpha value is -2.30. The van der Waals surface area contributed by atoms with E-state index in [0.717, 1.165) is 24.2 Å². The van der Waals surface area contributed by atoms with Crippen LogP contribution in [-0.2, 0) is 17.8 Å². The molecule has 1 aromatic carbocycles. The van der Waals surface area contributed by atoms with Crippen molar-refractivity contribution in [2.75, 3.05) is 26.0 Å². The standard InChI is InChI=1S/C15H18N4O/c1-18(2)14(20)9-19-10-16-8-13(19)12-5-3-4-11-6-7-17-15(11)12/h3-5,8,10,17H,6-7,9H2,1-2H3. The van der Waals surface area contributed by atoms with Crippen LogP contribution in [0.3, 0.4) is 0 Å². The van der Waals surface area contributed by atoms with Gasteiger partial charge in [0.2, 0.25) is 5.91 Å². The van der Waals surface area contributed by atoms with Gasteiger partial charge in [-0.2, -0.15) is 0 Å². The van der Waals surface area contributed by atoms with Crippen molar-refractivity contribution in [2.45, 2.75) is 13.0 Å². The highest BCUT2D eigenvalue weighted by Gasteiger charge is 2.18. The van der Waals surface area contributed by atoms with Crippen molar-refractivity contribution in [1.82, 2.24) is 14.5 Å². The summed E-state index contributed by atoms with van der Waals surface area (Å²) in [7, 11) is 3.53. The monoisotopic (exact) mass is 270 g/mol. The highest BCUT2D eigenvalue weighted by molar-refractivity contribution is 5.81. The average Bonchev–Trinajstić information content (AvgIpc) is 3.06. The third-order valence-corrected chi connectivity index (χ3v) is 3.64. The number of nitrogens with one attached hydrogen (secondary N) is 1. The third-order valence-electron chi connectivity index (χ3n) is 3.64. The summed E-state index contributed by atoms with van der Waals surface area (Å²) in [5.41, 5.74) is 4.59. The molecule has 104 valence electrons. The zero-order chi connectivity index (χ0) is 14.1. The molecule has 0 unspecified atom stereocenters. The third kappa shape index (κ3) is 2.15. The zero-order valence-corrected chi connectivity index (χ0v) is 11.8. The lowest BCUT2D eigenvalue weighted by Crippen LogP contribution is -2.26. The second-order valence-corrected chi connectivity index (χ2v) is 5.21. The van der Waals surface area contributed by atoms with Gasteiger partial charge >= 0.3 is 0 Å². The molecular weight excluding hydrogens is 252 g/mol. The molecule has 0 spiro atoms. The molecule has 1 amide bonds. The molecule has 0 aliphatic carbocycles. The maximum absolute atomic E-state index is 11.9. The van der Waals surface area contributed by atoms with Gasteiger partial charge in [-0.25, -0.2) is 4.98 Å². The summed E-state index contributed by atoms with van der Waals surface area (Å²) in [6.45, 7) is 1.28. The van der Waals surface area contributed by atoms with Crippen LogP contribution >= 0.6 is 0 Å². The van der Waals surface area contributed by atoms with Gasteiger partial charge in [0.15, 0.2) is 0 Å². The zero-order valence-electron chi connectivity index (χ0n) is 11.8. The fourth-order valence-electron chi connectivity index (χ4n) is 2.51. The van der Waals surface area contributed by atoms with Gasteiger partial charge in [0.25, 0.3) is 0 Å². The maximum atomic E-state index is 11.9. The number of carbonyl (C=O) groups is 1. The number of imidazole rings is 1. The number of likely N-dealkylation sites (N-methyl/N-ethyl adjacent to an activating group) is 1. The Labute approximate surface area is 118 Å². The SMILES string of the molecule is CN(C)C(=O)Cn1cncc1-c1cccc2c1NCC2. The van der Waals surface area contributed by atoms with Gasteiger partial charge in [0.05, 0.1) is 18.2 Å². The first-order chi connectivity index (χ1) is 9.66. The molecule has 0 saturated heterocycles. The number of aromatic nitrogens is 2. The van der Waals surface area contributed by atoms with Gasteiger partial charge in [-0.1, -0.05) is 18.2 Å². The fourth-order valence-corrected chi connectivity index (χ4v) is 2.51. The van der Waals surface area contributed by atoms with Crippen LogP contribution in [0.5, 0.6) is 0 Å². The number of amides is 1.